The Morgan fingerprint density at radius 3 is 1.74 bits per heavy atom. The van der Waals surface area contributed by atoms with Crippen LogP contribution in [0.2, 0.25) is 13.3 Å². The summed E-state index contributed by atoms with van der Waals surface area (Å²) in [6.07, 6.45) is 27.5. The molecular formula is C37H67N3O2Sn. The molecule has 0 saturated carbocycles. The zero-order valence-electron chi connectivity index (χ0n) is 28.6. The van der Waals surface area contributed by atoms with E-state index in [1.165, 1.54) is 122 Å². The number of hydrogen-bond acceptors (Lipinski definition) is 3. The van der Waals surface area contributed by atoms with Crippen molar-refractivity contribution in [2.24, 2.45) is 5.11 Å². The van der Waals surface area contributed by atoms with E-state index in [-0.39, 0.29) is 12.1 Å². The standard InChI is InChI=1S/C25H40N3O2.3C4H9.Sn/c1-2-3-4-5-6-7-8-9-10-11-12-13-17-20-25(24(21-29)27-28-26)30-22-23-18-15-14-16-19-23;3*1-3-4-2;/h14-20,24-25H,2-13,21-22H2,1H3;3*1,3-4H2,2H3;/q-1;;;;+1/t24-,25+;;;;/m0..../s1. The number of benzene rings is 1. The van der Waals surface area contributed by atoms with Crippen LogP contribution in [-0.2, 0) is 14.4 Å². The Kier molecular flexibility index (Phi) is 26.5. The molecule has 0 aliphatic carbocycles. The van der Waals surface area contributed by atoms with Gasteiger partial charge in [0, 0.05) is 0 Å². The van der Waals surface area contributed by atoms with E-state index >= 15 is 0 Å². The van der Waals surface area contributed by atoms with E-state index in [2.05, 4.69) is 62.0 Å². The van der Waals surface area contributed by atoms with Crippen molar-refractivity contribution in [1.29, 1.82) is 0 Å². The third-order valence-corrected chi connectivity index (χ3v) is 21.7. The second-order valence-electron chi connectivity index (χ2n) is 12.6. The van der Waals surface area contributed by atoms with Gasteiger partial charge < -0.3 is 0 Å². The molecule has 0 amide bonds. The molecule has 0 unspecified atom stereocenters. The van der Waals surface area contributed by atoms with E-state index in [9.17, 15) is 5.53 Å². The number of allylic oxidation sites excluding steroid dienone is 1. The van der Waals surface area contributed by atoms with Crippen molar-refractivity contribution in [3.8, 4) is 0 Å². The van der Waals surface area contributed by atoms with E-state index in [0.717, 1.165) is 12.0 Å². The molecule has 2 atom stereocenters. The van der Waals surface area contributed by atoms with Gasteiger partial charge in [-0.3, -0.25) is 0 Å². The molecule has 6 heteroatoms. The molecule has 0 heterocycles. The van der Waals surface area contributed by atoms with Crippen molar-refractivity contribution >= 4 is 18.8 Å². The molecule has 5 nitrogen and oxygen atoms in total. The van der Waals surface area contributed by atoms with Crippen LogP contribution in [0, 0.1) is 0 Å². The Bertz CT molecular complexity index is 807. The second-order valence-corrected chi connectivity index (χ2v) is 24.4. The van der Waals surface area contributed by atoms with Crippen LogP contribution in [-0.4, -0.2) is 37.5 Å². The molecule has 0 aliphatic rings. The molecular weight excluding hydrogens is 637 g/mol. The Morgan fingerprint density at radius 1 is 0.721 bits per heavy atom. The Balaban J connectivity index is 2.78. The first-order valence-electron chi connectivity index (χ1n) is 18.1. The monoisotopic (exact) mass is 705 g/mol. The van der Waals surface area contributed by atoms with Gasteiger partial charge in [-0.05, 0) is 0 Å². The van der Waals surface area contributed by atoms with Crippen molar-refractivity contribution in [1.82, 2.24) is 0 Å². The Hall–Kier alpha value is -1.01. The minimum absolute atomic E-state index is 0.281. The van der Waals surface area contributed by atoms with Crippen molar-refractivity contribution in [3.63, 3.8) is 0 Å². The molecule has 0 radical (unpaired) electrons. The van der Waals surface area contributed by atoms with Crippen LogP contribution in [0.5, 0.6) is 0 Å². The molecule has 0 N–H and O–H groups in total. The van der Waals surface area contributed by atoms with Gasteiger partial charge in [0.2, 0.25) is 0 Å². The summed E-state index contributed by atoms with van der Waals surface area (Å²) >= 11 is -2.83. The van der Waals surface area contributed by atoms with Gasteiger partial charge in [-0.2, -0.15) is 0 Å². The Labute approximate surface area is 271 Å². The van der Waals surface area contributed by atoms with E-state index in [1.807, 2.05) is 18.2 Å². The molecule has 1 rings (SSSR count). The first-order chi connectivity index (χ1) is 21.1. The number of azide groups is 1. The van der Waals surface area contributed by atoms with Gasteiger partial charge in [0.25, 0.3) is 0 Å². The van der Waals surface area contributed by atoms with Crippen molar-refractivity contribution in [3.05, 3.63) is 58.5 Å². The van der Waals surface area contributed by atoms with Gasteiger partial charge in [-0.15, -0.1) is 0 Å². The fraction of sp³-hybridized carbons (Fsp3) is 0.784. The normalized spacial score (nSPS) is 13.3. The molecule has 0 bridgehead atoms. The molecule has 43 heavy (non-hydrogen) atoms. The molecule has 246 valence electrons. The van der Waals surface area contributed by atoms with Gasteiger partial charge in [0.15, 0.2) is 0 Å². The second kappa shape index (κ2) is 28.5. The molecule has 0 aromatic heterocycles. The zero-order valence-corrected chi connectivity index (χ0v) is 31.5. The van der Waals surface area contributed by atoms with Gasteiger partial charge in [-0.1, -0.05) is 45.4 Å². The maximum absolute atomic E-state index is 9.55. The molecule has 0 aliphatic heterocycles. The van der Waals surface area contributed by atoms with Crippen LogP contribution in [0.15, 0.2) is 47.6 Å². The average Bonchev–Trinajstić information content (AvgIpc) is 3.04. The molecule has 0 spiro atoms. The fourth-order valence-electron chi connectivity index (χ4n) is 5.83. The summed E-state index contributed by atoms with van der Waals surface area (Å²) in [6.45, 7) is 10.1. The molecule has 1 aromatic rings. The first kappa shape index (κ1) is 40.0. The third-order valence-electron chi connectivity index (χ3n) is 8.68. The predicted octanol–water partition coefficient (Wildman–Crippen LogP) is 12.9. The number of unbranched alkanes of at least 4 members (excludes halogenated alkanes) is 14. The summed E-state index contributed by atoms with van der Waals surface area (Å²) in [5.41, 5.74) is 10.7. The molecule has 0 saturated heterocycles. The number of rotatable bonds is 30. The third kappa shape index (κ3) is 20.6. The van der Waals surface area contributed by atoms with Crippen LogP contribution in [0.3, 0.4) is 0 Å². The molecule has 1 aromatic carbocycles. The fourth-order valence-corrected chi connectivity index (χ4v) is 19.2. The van der Waals surface area contributed by atoms with Crippen LogP contribution in [0.1, 0.15) is 149 Å². The van der Waals surface area contributed by atoms with Gasteiger partial charge in [-0.25, -0.2) is 0 Å². The van der Waals surface area contributed by atoms with Crippen LogP contribution in [0.25, 0.3) is 10.4 Å². The summed E-state index contributed by atoms with van der Waals surface area (Å²) < 4.78 is 17.3. The predicted molar refractivity (Wildman–Crippen MR) is 189 cm³/mol. The van der Waals surface area contributed by atoms with Crippen LogP contribution >= 0.6 is 0 Å². The van der Waals surface area contributed by atoms with Crippen molar-refractivity contribution in [2.45, 2.75) is 175 Å². The quantitative estimate of drug-likeness (QED) is 0.0200. The first-order valence-corrected chi connectivity index (χ1v) is 25.4. The SMILES string of the molecule is CCCCCCCCCCCCCC=C[C@@H](OCc1ccccc1)[C@H](C[O][Sn]([CH2]CCC)([CH2]CCC)[CH2]CCC)N=[N+]=[N-]. The van der Waals surface area contributed by atoms with E-state index in [4.69, 9.17) is 7.81 Å². The minimum atomic E-state index is -2.83. The number of ether oxygens (including phenoxy) is 1. The average molecular weight is 705 g/mol. The van der Waals surface area contributed by atoms with E-state index in [1.54, 1.807) is 0 Å². The van der Waals surface area contributed by atoms with Gasteiger partial charge in [0.05, 0.1) is 0 Å². The van der Waals surface area contributed by atoms with E-state index < -0.39 is 18.8 Å². The van der Waals surface area contributed by atoms with Crippen molar-refractivity contribution < 1.29 is 7.81 Å². The number of nitrogens with zero attached hydrogens (tertiary/aromatic N) is 3. The van der Waals surface area contributed by atoms with Gasteiger partial charge >= 0.3 is 227 Å². The summed E-state index contributed by atoms with van der Waals surface area (Å²) in [6, 6.07) is 9.95. The zero-order chi connectivity index (χ0) is 31.3. The topological polar surface area (TPSA) is 67.2 Å². The van der Waals surface area contributed by atoms with Gasteiger partial charge in [0.1, 0.15) is 0 Å². The Morgan fingerprint density at radius 2 is 1.23 bits per heavy atom. The van der Waals surface area contributed by atoms with Crippen LogP contribution in [0.4, 0.5) is 0 Å². The van der Waals surface area contributed by atoms with Crippen molar-refractivity contribution in [2.75, 3.05) is 6.61 Å². The number of hydrogen-bond donors (Lipinski definition) is 0. The maximum atomic E-state index is 9.55. The summed E-state index contributed by atoms with van der Waals surface area (Å²) in [5, 5.41) is 4.27. The molecule has 0 fully saturated rings. The van der Waals surface area contributed by atoms with E-state index in [0.29, 0.717) is 13.2 Å². The summed E-state index contributed by atoms with van der Waals surface area (Å²) in [5.74, 6) is 0. The summed E-state index contributed by atoms with van der Waals surface area (Å²) in [7, 11) is 0. The van der Waals surface area contributed by atoms with Crippen LogP contribution < -0.4 is 0 Å². The summed E-state index contributed by atoms with van der Waals surface area (Å²) in [4.78, 5) is 3.27.